The second-order valence-corrected chi connectivity index (χ2v) is 7.15. The van der Waals surface area contributed by atoms with E-state index in [1.165, 1.54) is 68.9 Å². The summed E-state index contributed by atoms with van der Waals surface area (Å²) in [4.78, 5) is 8.69. The van der Waals surface area contributed by atoms with Crippen molar-refractivity contribution < 1.29 is 0 Å². The van der Waals surface area contributed by atoms with E-state index < -0.39 is 0 Å². The highest BCUT2D eigenvalue weighted by Gasteiger charge is 2.01. The maximum absolute atomic E-state index is 4.34. The van der Waals surface area contributed by atoms with Crippen LogP contribution in [0.1, 0.15) is 63.9 Å². The predicted octanol–water partition coefficient (Wildman–Crippen LogP) is 6.55. The van der Waals surface area contributed by atoms with Crippen LogP contribution < -0.4 is 0 Å². The highest BCUT2D eigenvalue weighted by atomic mass is 32.2. The Labute approximate surface area is 151 Å². The van der Waals surface area contributed by atoms with Gasteiger partial charge in [0, 0.05) is 18.0 Å². The van der Waals surface area contributed by atoms with Gasteiger partial charge in [-0.1, -0.05) is 87.9 Å². The van der Waals surface area contributed by atoms with Gasteiger partial charge >= 0.3 is 0 Å². The molecule has 0 bridgehead atoms. The van der Waals surface area contributed by atoms with Gasteiger partial charge in [0.2, 0.25) is 0 Å². The molecule has 24 heavy (non-hydrogen) atoms. The van der Waals surface area contributed by atoms with Crippen molar-refractivity contribution in [2.75, 3.05) is 6.26 Å². The zero-order valence-corrected chi connectivity index (χ0v) is 15.9. The molecule has 2 rings (SSSR count). The molecular weight excluding hydrogens is 312 g/mol. The van der Waals surface area contributed by atoms with Crippen LogP contribution in [-0.2, 0) is 6.42 Å². The quantitative estimate of drug-likeness (QED) is 0.263. The number of rotatable bonds is 11. The van der Waals surface area contributed by atoms with Gasteiger partial charge in [0.05, 0.1) is 0 Å². The van der Waals surface area contributed by atoms with E-state index in [9.17, 15) is 0 Å². The van der Waals surface area contributed by atoms with Crippen molar-refractivity contribution in [3.63, 3.8) is 0 Å². The molecule has 0 fully saturated rings. The van der Waals surface area contributed by atoms with Gasteiger partial charge in [0.25, 0.3) is 0 Å². The zero-order valence-electron chi connectivity index (χ0n) is 15.1. The third-order valence-electron chi connectivity index (χ3n) is 4.42. The molecule has 130 valence electrons. The molecule has 2 nitrogen and oxygen atoms in total. The second-order valence-electron chi connectivity index (χ2n) is 6.38. The van der Waals surface area contributed by atoms with Gasteiger partial charge in [-0.25, -0.2) is 9.97 Å². The Morgan fingerprint density at radius 2 is 1.33 bits per heavy atom. The van der Waals surface area contributed by atoms with Crippen LogP contribution in [0.4, 0.5) is 0 Å². The fourth-order valence-electron chi connectivity index (χ4n) is 2.90. The summed E-state index contributed by atoms with van der Waals surface area (Å²) in [5, 5.41) is 0.824. The van der Waals surface area contributed by atoms with E-state index in [1.807, 2.05) is 18.6 Å². The van der Waals surface area contributed by atoms with Crippen molar-refractivity contribution in [3.8, 4) is 11.1 Å². The minimum atomic E-state index is 0.824. The topological polar surface area (TPSA) is 25.8 Å². The van der Waals surface area contributed by atoms with Crippen LogP contribution in [-0.4, -0.2) is 16.2 Å². The molecule has 1 aromatic heterocycles. The number of unbranched alkanes of at least 4 members (excludes halogenated alkanes) is 7. The first-order valence-corrected chi connectivity index (χ1v) is 10.5. The summed E-state index contributed by atoms with van der Waals surface area (Å²) in [7, 11) is 0. The van der Waals surface area contributed by atoms with E-state index in [4.69, 9.17) is 0 Å². The van der Waals surface area contributed by atoms with Crippen LogP contribution in [0.25, 0.3) is 11.1 Å². The van der Waals surface area contributed by atoms with E-state index in [1.54, 1.807) is 11.8 Å². The summed E-state index contributed by atoms with van der Waals surface area (Å²) < 4.78 is 0. The molecule has 0 saturated heterocycles. The van der Waals surface area contributed by atoms with Crippen molar-refractivity contribution in [1.29, 1.82) is 0 Å². The lowest BCUT2D eigenvalue weighted by atomic mass is 10.0. The summed E-state index contributed by atoms with van der Waals surface area (Å²) in [5.41, 5.74) is 3.72. The fraction of sp³-hybridized carbons (Fsp3) is 0.524. The minimum absolute atomic E-state index is 0.824. The number of benzene rings is 1. The molecule has 0 radical (unpaired) electrons. The third kappa shape index (κ3) is 6.64. The molecule has 0 aliphatic carbocycles. The Morgan fingerprint density at radius 3 is 1.92 bits per heavy atom. The zero-order chi connectivity index (χ0) is 17.0. The maximum atomic E-state index is 4.34. The fourth-order valence-corrected chi connectivity index (χ4v) is 3.21. The lowest BCUT2D eigenvalue weighted by molar-refractivity contribution is 0.575. The third-order valence-corrected chi connectivity index (χ3v) is 4.99. The Balaban J connectivity index is 1.70. The van der Waals surface area contributed by atoms with Crippen molar-refractivity contribution in [1.82, 2.24) is 9.97 Å². The summed E-state index contributed by atoms with van der Waals surface area (Å²) in [6.07, 6.45) is 18.0. The molecule has 0 aliphatic heterocycles. The maximum Gasteiger partial charge on any atom is 0.187 e. The smallest absolute Gasteiger partial charge is 0.187 e. The van der Waals surface area contributed by atoms with E-state index in [2.05, 4.69) is 41.2 Å². The van der Waals surface area contributed by atoms with Gasteiger partial charge in [-0.05, 0) is 30.2 Å². The molecule has 0 spiro atoms. The molecule has 0 N–H and O–H groups in total. The Hall–Kier alpha value is -1.35. The summed E-state index contributed by atoms with van der Waals surface area (Å²) in [6, 6.07) is 8.88. The van der Waals surface area contributed by atoms with E-state index in [-0.39, 0.29) is 0 Å². The minimum Gasteiger partial charge on any atom is -0.230 e. The van der Waals surface area contributed by atoms with Crippen LogP contribution in [0.3, 0.4) is 0 Å². The van der Waals surface area contributed by atoms with Crippen LogP contribution in [0.15, 0.2) is 41.8 Å². The molecule has 0 unspecified atom stereocenters. The number of aromatic nitrogens is 2. The number of nitrogens with zero attached hydrogens (tertiary/aromatic N) is 2. The van der Waals surface area contributed by atoms with Crippen LogP contribution in [0.2, 0.25) is 0 Å². The van der Waals surface area contributed by atoms with Crippen molar-refractivity contribution in [2.45, 2.75) is 69.9 Å². The Morgan fingerprint density at radius 1 is 0.750 bits per heavy atom. The molecule has 1 aromatic carbocycles. The average molecular weight is 343 g/mol. The average Bonchev–Trinajstić information content (AvgIpc) is 2.64. The molecule has 0 amide bonds. The lowest BCUT2D eigenvalue weighted by Crippen LogP contribution is -1.89. The van der Waals surface area contributed by atoms with Crippen molar-refractivity contribution in [2.24, 2.45) is 0 Å². The monoisotopic (exact) mass is 342 g/mol. The van der Waals surface area contributed by atoms with E-state index in [0.29, 0.717) is 0 Å². The molecule has 0 aliphatic rings. The molecule has 0 atom stereocenters. The van der Waals surface area contributed by atoms with Crippen LogP contribution >= 0.6 is 11.8 Å². The van der Waals surface area contributed by atoms with Gasteiger partial charge in [-0.2, -0.15) is 0 Å². The van der Waals surface area contributed by atoms with Crippen LogP contribution in [0.5, 0.6) is 0 Å². The largest absolute Gasteiger partial charge is 0.230 e. The van der Waals surface area contributed by atoms with Crippen LogP contribution in [0, 0.1) is 0 Å². The van der Waals surface area contributed by atoms with Crippen molar-refractivity contribution >= 4 is 11.8 Å². The number of hydrogen-bond acceptors (Lipinski definition) is 3. The number of thioether (sulfide) groups is 1. The van der Waals surface area contributed by atoms with E-state index in [0.717, 1.165) is 10.7 Å². The summed E-state index contributed by atoms with van der Waals surface area (Å²) in [6.45, 7) is 2.28. The normalized spacial score (nSPS) is 10.9. The van der Waals surface area contributed by atoms with Gasteiger partial charge in [0.1, 0.15) is 0 Å². The van der Waals surface area contributed by atoms with Gasteiger partial charge < -0.3 is 0 Å². The Bertz CT molecular complexity index is 563. The van der Waals surface area contributed by atoms with Gasteiger partial charge in [-0.3, -0.25) is 0 Å². The van der Waals surface area contributed by atoms with Crippen molar-refractivity contribution in [3.05, 3.63) is 42.2 Å². The second kappa shape index (κ2) is 11.2. The predicted molar refractivity (Wildman–Crippen MR) is 106 cm³/mol. The van der Waals surface area contributed by atoms with Gasteiger partial charge in [-0.15, -0.1) is 0 Å². The molecule has 0 saturated carbocycles. The summed E-state index contributed by atoms with van der Waals surface area (Å²) >= 11 is 1.57. The molecular formula is C21H30N2S. The Kier molecular flexibility index (Phi) is 8.90. The highest BCUT2D eigenvalue weighted by molar-refractivity contribution is 7.98. The SMILES string of the molecule is CCCCCCCCCCc1ccc(-c2cnc(SC)nc2)cc1. The number of aryl methyl sites for hydroxylation is 1. The first-order chi connectivity index (χ1) is 11.8. The highest BCUT2D eigenvalue weighted by Crippen LogP contribution is 2.20. The van der Waals surface area contributed by atoms with E-state index >= 15 is 0 Å². The standard InChI is InChI=1S/C21H30N2S/c1-3-4-5-6-7-8-9-10-11-18-12-14-19(15-13-18)20-16-22-21(24-2)23-17-20/h12-17H,3-11H2,1-2H3. The molecule has 3 heteroatoms. The molecule has 2 aromatic rings. The number of hydrogen-bond donors (Lipinski definition) is 0. The molecule has 1 heterocycles. The first kappa shape index (κ1) is 19.0. The first-order valence-electron chi connectivity index (χ1n) is 9.29. The summed E-state index contributed by atoms with van der Waals surface area (Å²) in [5.74, 6) is 0. The van der Waals surface area contributed by atoms with Gasteiger partial charge in [0.15, 0.2) is 5.16 Å². The lowest BCUT2D eigenvalue weighted by Gasteiger charge is -2.05.